The Kier molecular flexibility index (Phi) is 3.76. The fourth-order valence-corrected chi connectivity index (χ4v) is 1.95. The Hall–Kier alpha value is -2.01. The van der Waals surface area contributed by atoms with Crippen molar-refractivity contribution in [1.82, 2.24) is 14.5 Å². The van der Waals surface area contributed by atoms with Gasteiger partial charge in [0.15, 0.2) is 0 Å². The molecule has 0 aliphatic heterocycles. The lowest BCUT2D eigenvalue weighted by atomic mass is 10.4. The number of aryl methyl sites for hydroxylation is 2. The fraction of sp³-hybridized carbons (Fsp3) is 0.231. The largest absolute Gasteiger partial charge is 0.291 e. The Morgan fingerprint density at radius 1 is 1.42 bits per heavy atom. The van der Waals surface area contributed by atoms with Crippen molar-refractivity contribution in [3.05, 3.63) is 57.7 Å². The number of allylic oxidation sites excluding steroid dienone is 1. The molecule has 0 radical (unpaired) electrons. The highest BCUT2D eigenvalue weighted by Gasteiger charge is 2.10. The number of nitrogens with zero attached hydrogens (tertiary/aromatic N) is 3. The second-order valence-electron chi connectivity index (χ2n) is 4.21. The second kappa shape index (κ2) is 5.32. The molecule has 0 spiro atoms. The van der Waals surface area contributed by atoms with Gasteiger partial charge >= 0.3 is 0 Å². The quantitative estimate of drug-likeness (QED) is 0.874. The molecule has 2 heterocycles. The van der Waals surface area contributed by atoms with Gasteiger partial charge in [0.1, 0.15) is 5.02 Å². The van der Waals surface area contributed by atoms with Crippen LogP contribution in [0.25, 0.3) is 0 Å². The molecule has 0 fully saturated rings. The predicted molar refractivity (Wildman–Crippen MR) is 76.6 cm³/mol. The first-order chi connectivity index (χ1) is 9.04. The van der Waals surface area contributed by atoms with Crippen LogP contribution in [-0.4, -0.2) is 14.5 Å². The molecule has 0 saturated carbocycles. The minimum atomic E-state index is -0.339. The number of aromatic nitrogens is 3. The first-order valence-electron chi connectivity index (χ1n) is 5.83. The number of hydrogen-bond donors (Lipinski definition) is 1. The Morgan fingerprint density at radius 3 is 2.63 bits per heavy atom. The minimum absolute atomic E-state index is 0.115. The standard InChI is InChI=1S/C13H15ClN4O/c1-4-7-17-13(19)12(14)11(8-15-17)16-18-9(2)5-6-10(18)3/h4-6,8,16H,1,7H2,2-3H3. The highest BCUT2D eigenvalue weighted by molar-refractivity contribution is 6.32. The average Bonchev–Trinajstić information content (AvgIpc) is 2.70. The van der Waals surface area contributed by atoms with Crippen LogP contribution in [0.1, 0.15) is 11.4 Å². The summed E-state index contributed by atoms with van der Waals surface area (Å²) in [6.07, 6.45) is 3.13. The second-order valence-corrected chi connectivity index (χ2v) is 4.59. The molecule has 0 unspecified atom stereocenters. The van der Waals surface area contributed by atoms with Gasteiger partial charge in [-0.1, -0.05) is 17.7 Å². The van der Waals surface area contributed by atoms with Gasteiger partial charge in [-0.2, -0.15) is 5.10 Å². The monoisotopic (exact) mass is 278 g/mol. The van der Waals surface area contributed by atoms with Gasteiger partial charge in [-0.15, -0.1) is 6.58 Å². The van der Waals surface area contributed by atoms with E-state index in [1.54, 1.807) is 6.08 Å². The Balaban J connectivity index is 2.40. The number of anilines is 1. The van der Waals surface area contributed by atoms with Crippen molar-refractivity contribution in [2.24, 2.45) is 0 Å². The van der Waals surface area contributed by atoms with Crippen LogP contribution in [0.2, 0.25) is 5.02 Å². The van der Waals surface area contributed by atoms with E-state index in [4.69, 9.17) is 11.6 Å². The minimum Gasteiger partial charge on any atom is -0.291 e. The zero-order valence-corrected chi connectivity index (χ0v) is 11.6. The zero-order valence-electron chi connectivity index (χ0n) is 10.9. The molecule has 0 aliphatic rings. The summed E-state index contributed by atoms with van der Waals surface area (Å²) in [6, 6.07) is 3.95. The van der Waals surface area contributed by atoms with Gasteiger partial charge in [0.25, 0.3) is 5.56 Å². The lowest BCUT2D eigenvalue weighted by Crippen LogP contribution is -2.25. The Bertz CT molecular complexity index is 652. The van der Waals surface area contributed by atoms with Crippen molar-refractivity contribution in [1.29, 1.82) is 0 Å². The van der Waals surface area contributed by atoms with Crippen molar-refractivity contribution in [2.75, 3.05) is 5.43 Å². The molecule has 1 N–H and O–H groups in total. The van der Waals surface area contributed by atoms with E-state index >= 15 is 0 Å². The molecule has 0 aromatic carbocycles. The van der Waals surface area contributed by atoms with Crippen LogP contribution in [-0.2, 0) is 6.54 Å². The van der Waals surface area contributed by atoms with Crippen molar-refractivity contribution < 1.29 is 0 Å². The number of nitrogens with one attached hydrogen (secondary N) is 1. The molecule has 0 saturated heterocycles. The SMILES string of the molecule is C=CCn1ncc(Nn2c(C)ccc2C)c(Cl)c1=O. The van der Waals surface area contributed by atoms with Crippen LogP contribution in [0, 0.1) is 13.8 Å². The molecule has 19 heavy (non-hydrogen) atoms. The summed E-state index contributed by atoms with van der Waals surface area (Å²) < 4.78 is 3.11. The van der Waals surface area contributed by atoms with Crippen LogP contribution >= 0.6 is 11.6 Å². The van der Waals surface area contributed by atoms with E-state index in [0.29, 0.717) is 12.2 Å². The summed E-state index contributed by atoms with van der Waals surface area (Å²) >= 11 is 6.07. The number of halogens is 1. The predicted octanol–water partition coefficient (Wildman–Crippen LogP) is 2.38. The van der Waals surface area contributed by atoms with E-state index in [9.17, 15) is 4.79 Å². The third-order valence-corrected chi connectivity index (χ3v) is 3.16. The van der Waals surface area contributed by atoms with Gasteiger partial charge in [-0.3, -0.25) is 14.9 Å². The van der Waals surface area contributed by atoms with Gasteiger partial charge in [-0.05, 0) is 26.0 Å². The molecule has 0 amide bonds. The summed E-state index contributed by atoms with van der Waals surface area (Å²) in [5.74, 6) is 0. The molecule has 0 bridgehead atoms. The van der Waals surface area contributed by atoms with Crippen molar-refractivity contribution in [3.63, 3.8) is 0 Å². The summed E-state index contributed by atoms with van der Waals surface area (Å²) in [5.41, 5.74) is 5.26. The lowest BCUT2D eigenvalue weighted by molar-refractivity contribution is 0.652. The summed E-state index contributed by atoms with van der Waals surface area (Å²) in [4.78, 5) is 11.9. The number of hydrogen-bond acceptors (Lipinski definition) is 3. The van der Waals surface area contributed by atoms with E-state index < -0.39 is 0 Å². The van der Waals surface area contributed by atoms with E-state index in [0.717, 1.165) is 11.4 Å². The smallest absolute Gasteiger partial charge is 0.288 e. The topological polar surface area (TPSA) is 51.9 Å². The molecule has 0 atom stereocenters. The molecular weight excluding hydrogens is 264 g/mol. The number of rotatable bonds is 4. The highest BCUT2D eigenvalue weighted by Crippen LogP contribution is 2.17. The maximum absolute atomic E-state index is 11.9. The van der Waals surface area contributed by atoms with Crippen LogP contribution in [0.4, 0.5) is 5.69 Å². The van der Waals surface area contributed by atoms with Crippen molar-refractivity contribution in [3.8, 4) is 0 Å². The third-order valence-electron chi connectivity index (χ3n) is 2.79. The van der Waals surface area contributed by atoms with Crippen molar-refractivity contribution in [2.45, 2.75) is 20.4 Å². The van der Waals surface area contributed by atoms with E-state index in [1.807, 2.05) is 30.7 Å². The van der Waals surface area contributed by atoms with Gasteiger partial charge in [0.05, 0.1) is 18.4 Å². The third kappa shape index (κ3) is 2.56. The first kappa shape index (κ1) is 13.4. The van der Waals surface area contributed by atoms with Crippen LogP contribution in [0.3, 0.4) is 0 Å². The zero-order chi connectivity index (χ0) is 14.0. The van der Waals surface area contributed by atoms with E-state index in [-0.39, 0.29) is 10.6 Å². The lowest BCUT2D eigenvalue weighted by Gasteiger charge is -2.14. The molecule has 5 nitrogen and oxygen atoms in total. The van der Waals surface area contributed by atoms with E-state index in [2.05, 4.69) is 17.1 Å². The van der Waals surface area contributed by atoms with Gasteiger partial charge in [-0.25, -0.2) is 4.68 Å². The first-order valence-corrected chi connectivity index (χ1v) is 6.21. The molecule has 2 aromatic rings. The summed E-state index contributed by atoms with van der Waals surface area (Å²) in [6.45, 7) is 7.82. The highest BCUT2D eigenvalue weighted by atomic mass is 35.5. The Labute approximate surface area is 116 Å². The van der Waals surface area contributed by atoms with E-state index in [1.165, 1.54) is 10.9 Å². The van der Waals surface area contributed by atoms with Gasteiger partial charge in [0.2, 0.25) is 0 Å². The molecule has 2 aromatic heterocycles. The average molecular weight is 279 g/mol. The van der Waals surface area contributed by atoms with Crippen LogP contribution in [0.5, 0.6) is 0 Å². The van der Waals surface area contributed by atoms with Crippen LogP contribution < -0.4 is 11.0 Å². The molecular formula is C13H15ClN4O. The maximum Gasteiger partial charge on any atom is 0.288 e. The summed E-state index contributed by atoms with van der Waals surface area (Å²) in [5, 5.41) is 4.16. The molecule has 2 rings (SSSR count). The normalized spacial score (nSPS) is 10.5. The Morgan fingerprint density at radius 2 is 2.05 bits per heavy atom. The summed E-state index contributed by atoms with van der Waals surface area (Å²) in [7, 11) is 0. The molecule has 6 heteroatoms. The maximum atomic E-state index is 11.9. The van der Waals surface area contributed by atoms with Gasteiger partial charge < -0.3 is 0 Å². The van der Waals surface area contributed by atoms with Crippen molar-refractivity contribution >= 4 is 17.3 Å². The fourth-order valence-electron chi connectivity index (χ4n) is 1.76. The molecule has 100 valence electrons. The van der Waals surface area contributed by atoms with Gasteiger partial charge in [0, 0.05) is 11.4 Å². The molecule has 0 aliphatic carbocycles. The van der Waals surface area contributed by atoms with Crippen LogP contribution in [0.15, 0.2) is 35.8 Å².